The van der Waals surface area contributed by atoms with Crippen molar-refractivity contribution < 1.29 is 4.74 Å². The van der Waals surface area contributed by atoms with Gasteiger partial charge in [-0.2, -0.15) is 0 Å². The molecule has 0 saturated heterocycles. The fourth-order valence-electron chi connectivity index (χ4n) is 3.25. The number of hydrogen-bond acceptors (Lipinski definition) is 2. The summed E-state index contributed by atoms with van der Waals surface area (Å²) in [6.45, 7) is 8.24. The number of hydrogen-bond donors (Lipinski definition) is 2. The van der Waals surface area contributed by atoms with Crippen LogP contribution in [0.2, 0.25) is 0 Å². The van der Waals surface area contributed by atoms with Gasteiger partial charge in [0.2, 0.25) is 0 Å². The van der Waals surface area contributed by atoms with Gasteiger partial charge in [-0.3, -0.25) is 0 Å². The number of rotatable bonds is 3. The fraction of sp³-hybridized carbons (Fsp3) is 0.227. The monoisotopic (exact) mass is 345 g/mol. The van der Waals surface area contributed by atoms with Crippen molar-refractivity contribution in [2.24, 2.45) is 4.99 Å². The molecule has 0 spiro atoms. The van der Waals surface area contributed by atoms with E-state index in [0.717, 1.165) is 44.1 Å². The molecule has 0 saturated carbocycles. The molecular weight excluding hydrogens is 322 g/mol. The highest BCUT2D eigenvalue weighted by molar-refractivity contribution is 5.76. The van der Waals surface area contributed by atoms with Crippen molar-refractivity contribution in [2.45, 2.75) is 33.8 Å². The minimum absolute atomic E-state index is 0.101. The van der Waals surface area contributed by atoms with Crippen molar-refractivity contribution in [2.75, 3.05) is 0 Å². The van der Waals surface area contributed by atoms with E-state index >= 15 is 0 Å². The van der Waals surface area contributed by atoms with E-state index in [0.29, 0.717) is 0 Å². The molecule has 0 aliphatic carbocycles. The van der Waals surface area contributed by atoms with Crippen LogP contribution < -0.4 is 26.0 Å². The minimum Gasteiger partial charge on any atom is -0.489 e. The first-order chi connectivity index (χ1) is 12.5. The summed E-state index contributed by atoms with van der Waals surface area (Å²) in [4.78, 5) is 11.6. The average Bonchev–Trinajstić information content (AvgIpc) is 3.25. The number of aryl methyl sites for hydroxylation is 2. The zero-order valence-electron chi connectivity index (χ0n) is 15.6. The van der Waals surface area contributed by atoms with Crippen LogP contribution in [0.4, 0.5) is 0 Å². The molecule has 4 nitrogen and oxygen atoms in total. The molecule has 3 aromatic rings. The van der Waals surface area contributed by atoms with Gasteiger partial charge in [-0.05, 0) is 57.5 Å². The summed E-state index contributed by atoms with van der Waals surface area (Å²) in [5, 5.41) is 4.06. The van der Waals surface area contributed by atoms with Crippen LogP contribution in [0.1, 0.15) is 30.8 Å². The van der Waals surface area contributed by atoms with Crippen molar-refractivity contribution in [3.63, 3.8) is 0 Å². The predicted octanol–water partition coefficient (Wildman–Crippen LogP) is 1.80. The number of aromatic nitrogens is 2. The van der Waals surface area contributed by atoms with Gasteiger partial charge in [0, 0.05) is 22.7 Å². The van der Waals surface area contributed by atoms with E-state index in [1.807, 2.05) is 38.1 Å². The van der Waals surface area contributed by atoms with Crippen LogP contribution in [0, 0.1) is 13.8 Å². The molecule has 4 heteroatoms. The lowest BCUT2D eigenvalue weighted by Crippen LogP contribution is -2.19. The van der Waals surface area contributed by atoms with Crippen LogP contribution in [0.15, 0.2) is 41.4 Å². The van der Waals surface area contributed by atoms with Gasteiger partial charge in [0.15, 0.2) is 0 Å². The molecule has 4 rings (SSSR count). The molecule has 0 fully saturated rings. The lowest BCUT2D eigenvalue weighted by atomic mass is 10.2. The first-order valence-electron chi connectivity index (χ1n) is 8.93. The van der Waals surface area contributed by atoms with Gasteiger partial charge in [-0.1, -0.05) is 18.2 Å². The molecule has 2 aromatic heterocycles. The molecule has 3 heterocycles. The van der Waals surface area contributed by atoms with Crippen LogP contribution in [0.5, 0.6) is 5.75 Å². The van der Waals surface area contributed by atoms with E-state index in [2.05, 4.69) is 48.1 Å². The maximum absolute atomic E-state index is 6.04. The number of fused-ring (bicyclic) bond motifs is 1. The number of para-hydroxylation sites is 1. The largest absolute Gasteiger partial charge is 0.489 e. The van der Waals surface area contributed by atoms with Gasteiger partial charge >= 0.3 is 0 Å². The summed E-state index contributed by atoms with van der Waals surface area (Å²) >= 11 is 0. The van der Waals surface area contributed by atoms with Crippen LogP contribution in [-0.4, -0.2) is 16.1 Å². The van der Waals surface area contributed by atoms with E-state index in [-0.39, 0.29) is 6.10 Å². The van der Waals surface area contributed by atoms with Gasteiger partial charge < -0.3 is 14.7 Å². The molecule has 0 radical (unpaired) electrons. The van der Waals surface area contributed by atoms with E-state index in [1.54, 1.807) is 0 Å². The molecule has 2 N–H and O–H groups in total. The average molecular weight is 345 g/mol. The third kappa shape index (κ3) is 3.10. The maximum atomic E-state index is 6.04. The summed E-state index contributed by atoms with van der Waals surface area (Å²) in [7, 11) is 0. The van der Waals surface area contributed by atoms with Crippen molar-refractivity contribution in [1.29, 1.82) is 0 Å². The van der Waals surface area contributed by atoms with Crippen LogP contribution in [-0.2, 0) is 0 Å². The topological polar surface area (TPSA) is 53.2 Å². The second-order valence-corrected chi connectivity index (χ2v) is 7.02. The number of nitrogens with zero attached hydrogens (tertiary/aromatic N) is 1. The summed E-state index contributed by atoms with van der Waals surface area (Å²) in [5.74, 6) is 0.841. The highest BCUT2D eigenvalue weighted by atomic mass is 16.5. The molecule has 1 aliphatic heterocycles. The molecule has 0 bridgehead atoms. The second kappa shape index (κ2) is 6.37. The maximum Gasteiger partial charge on any atom is 0.145 e. The summed E-state index contributed by atoms with van der Waals surface area (Å²) in [6, 6.07) is 12.3. The number of benzene rings is 1. The van der Waals surface area contributed by atoms with Crippen molar-refractivity contribution in [3.05, 3.63) is 74.6 Å². The van der Waals surface area contributed by atoms with E-state index in [4.69, 9.17) is 9.73 Å². The van der Waals surface area contributed by atoms with E-state index in [9.17, 15) is 0 Å². The summed E-state index contributed by atoms with van der Waals surface area (Å²) in [5.41, 5.74) is 4.38. The highest BCUT2D eigenvalue weighted by Gasteiger charge is 2.08. The molecule has 0 amide bonds. The van der Waals surface area contributed by atoms with Gasteiger partial charge in [-0.15, -0.1) is 0 Å². The van der Waals surface area contributed by atoms with Crippen molar-refractivity contribution in [3.8, 4) is 5.75 Å². The molecular formula is C22H23N3O. The van der Waals surface area contributed by atoms with Gasteiger partial charge in [0.1, 0.15) is 5.75 Å². The standard InChI is InChI=1S/C22H23N3O/c1-13(2)26-22-12-20(19-10-16-7-5-6-8-17(16)24-19)25-21(22)11-18-14(3)9-15(4)23-18/h5-13,23,25H,1-4H3/b20-19?,21-11-. The predicted molar refractivity (Wildman–Crippen MR) is 105 cm³/mol. The Labute approximate surface area is 152 Å². The van der Waals surface area contributed by atoms with Gasteiger partial charge in [0.25, 0.3) is 0 Å². The molecule has 0 unspecified atom stereocenters. The summed E-state index contributed by atoms with van der Waals surface area (Å²) < 4.78 is 6.04. The Morgan fingerprint density at radius 2 is 1.88 bits per heavy atom. The lowest BCUT2D eigenvalue weighted by Gasteiger charge is -2.06. The smallest absolute Gasteiger partial charge is 0.145 e. The number of ether oxygens (including phenoxy) is 1. The SMILES string of the molecule is Cc1cc(C)c(/C=c2\[nH]c(=C3C=c4ccccc4=N3)cc2OC(C)C)[nH]1. The Kier molecular flexibility index (Phi) is 4.03. The molecule has 26 heavy (non-hydrogen) atoms. The molecule has 132 valence electrons. The summed E-state index contributed by atoms with van der Waals surface area (Å²) in [6.07, 6.45) is 4.31. The third-order valence-corrected chi connectivity index (χ3v) is 4.40. The molecule has 1 aliphatic rings. The highest BCUT2D eigenvalue weighted by Crippen LogP contribution is 2.11. The van der Waals surface area contributed by atoms with E-state index < -0.39 is 0 Å². The fourth-order valence-corrected chi connectivity index (χ4v) is 3.25. The second-order valence-electron chi connectivity index (χ2n) is 7.02. The number of aromatic amines is 2. The minimum atomic E-state index is 0.101. The first-order valence-corrected chi connectivity index (χ1v) is 8.93. The molecule has 0 atom stereocenters. The van der Waals surface area contributed by atoms with Crippen LogP contribution >= 0.6 is 0 Å². The first kappa shape index (κ1) is 16.5. The quantitative estimate of drug-likeness (QED) is 0.747. The zero-order chi connectivity index (χ0) is 18.3. The van der Waals surface area contributed by atoms with E-state index in [1.165, 1.54) is 5.56 Å². The Balaban J connectivity index is 1.92. The zero-order valence-corrected chi connectivity index (χ0v) is 15.6. The number of H-pyrrole nitrogens is 2. The Morgan fingerprint density at radius 1 is 1.08 bits per heavy atom. The van der Waals surface area contributed by atoms with Crippen LogP contribution in [0.25, 0.3) is 17.8 Å². The van der Waals surface area contributed by atoms with Crippen LogP contribution in [0.3, 0.4) is 0 Å². The Morgan fingerprint density at radius 3 is 2.58 bits per heavy atom. The van der Waals surface area contributed by atoms with Crippen molar-refractivity contribution in [1.82, 2.24) is 9.97 Å². The number of nitrogens with one attached hydrogen (secondary N) is 2. The normalized spacial score (nSPS) is 15.8. The van der Waals surface area contributed by atoms with Gasteiger partial charge in [-0.25, -0.2) is 4.99 Å². The Hall–Kier alpha value is -3.01. The van der Waals surface area contributed by atoms with Gasteiger partial charge in [0.05, 0.1) is 27.9 Å². The lowest BCUT2D eigenvalue weighted by molar-refractivity contribution is 0.240. The Bertz CT molecular complexity index is 1170. The molecule has 1 aromatic carbocycles. The third-order valence-electron chi connectivity index (χ3n) is 4.40. The van der Waals surface area contributed by atoms with Crippen molar-refractivity contribution >= 4 is 17.8 Å².